The van der Waals surface area contributed by atoms with E-state index in [0.29, 0.717) is 0 Å². The lowest BCUT2D eigenvalue weighted by Crippen LogP contribution is -2.15. The first-order chi connectivity index (χ1) is 49.3. The molecule has 20 rings (SSSR count). The smallest absolute Gasteiger partial charge is 0.118 e. The SMILES string of the molecule is COc1ccc(-c2ccc(-c3c4ccccc4c(-c4ccc5c(c4)C(C)(C)c4cc(-c6ccc7c(c6)C(C)(C)c6cc(-c8c9ccccc9c(-c9c%10ccccc%10c(-c%10ccc%11c(c%10)C(C)(C)c%10ccccc%10-%11)c%10ccccc9%10)c9ccccc89)ccc6-7)ccc4-5)c4ccccc34)cc2)cc1. The number of fused-ring (bicyclic) bond motifs is 15. The van der Waals surface area contributed by atoms with Crippen LogP contribution in [0.25, 0.3) is 176 Å². The molecule has 0 heterocycles. The van der Waals surface area contributed by atoms with E-state index in [0.717, 1.165) is 5.75 Å². The minimum atomic E-state index is -0.266. The molecule has 0 aromatic heterocycles. The first kappa shape index (κ1) is 59.2. The van der Waals surface area contributed by atoms with Gasteiger partial charge in [-0.3, -0.25) is 0 Å². The summed E-state index contributed by atoms with van der Waals surface area (Å²) < 4.78 is 5.46. The first-order valence-electron chi connectivity index (χ1n) is 35.7. The van der Waals surface area contributed by atoms with E-state index in [1.54, 1.807) is 7.11 Å². The Bertz CT molecular complexity index is 6260. The van der Waals surface area contributed by atoms with E-state index in [1.165, 1.54) is 209 Å². The quantitative estimate of drug-likeness (QED) is 0.138. The van der Waals surface area contributed by atoms with Crippen LogP contribution in [0, 0.1) is 0 Å². The maximum atomic E-state index is 5.46. The fourth-order valence-electron chi connectivity index (χ4n) is 18.8. The highest BCUT2D eigenvalue weighted by molar-refractivity contribution is 6.30. The Hall–Kier alpha value is -11.9. The summed E-state index contributed by atoms with van der Waals surface area (Å²) in [7, 11) is 1.71. The summed E-state index contributed by atoms with van der Waals surface area (Å²) in [5.74, 6) is 0.860. The summed E-state index contributed by atoms with van der Waals surface area (Å²) in [5, 5.41) is 15.1. The molecule has 3 aliphatic carbocycles. The molecule has 0 unspecified atom stereocenters. The summed E-state index contributed by atoms with van der Waals surface area (Å²) >= 11 is 0. The molecule has 0 spiro atoms. The second-order valence-electron chi connectivity index (χ2n) is 30.1. The second-order valence-corrected chi connectivity index (χ2v) is 30.1. The van der Waals surface area contributed by atoms with Gasteiger partial charge in [-0.25, -0.2) is 0 Å². The molecule has 1 heteroatoms. The zero-order chi connectivity index (χ0) is 67.8. The number of rotatable bonds is 8. The third-order valence-electron chi connectivity index (χ3n) is 23.8. The number of ether oxygens (including phenoxy) is 1. The van der Waals surface area contributed by atoms with Gasteiger partial charge < -0.3 is 4.74 Å². The van der Waals surface area contributed by atoms with Crippen LogP contribution in [0.2, 0.25) is 0 Å². The molecular weight excluding hydrogens is 1220 g/mol. The van der Waals surface area contributed by atoms with Crippen molar-refractivity contribution in [3.63, 3.8) is 0 Å². The molecule has 17 aromatic carbocycles. The molecule has 478 valence electrons. The summed E-state index contributed by atoms with van der Waals surface area (Å²) in [6, 6.07) is 118. The molecule has 17 aromatic rings. The molecule has 0 amide bonds. The van der Waals surface area contributed by atoms with Crippen molar-refractivity contribution < 1.29 is 4.74 Å². The third kappa shape index (κ3) is 8.57. The molecule has 0 atom stereocenters. The Kier molecular flexibility index (Phi) is 12.8. The lowest BCUT2D eigenvalue weighted by molar-refractivity contribution is 0.415. The van der Waals surface area contributed by atoms with E-state index in [2.05, 4.69) is 339 Å². The highest BCUT2D eigenvalue weighted by Gasteiger charge is 2.40. The van der Waals surface area contributed by atoms with Crippen LogP contribution in [0.1, 0.15) is 74.9 Å². The van der Waals surface area contributed by atoms with Gasteiger partial charge >= 0.3 is 0 Å². The molecule has 0 saturated heterocycles. The van der Waals surface area contributed by atoms with Crippen LogP contribution in [0.3, 0.4) is 0 Å². The lowest BCUT2D eigenvalue weighted by Gasteiger charge is -2.25. The van der Waals surface area contributed by atoms with Crippen molar-refractivity contribution in [2.75, 3.05) is 7.11 Å². The van der Waals surface area contributed by atoms with Crippen LogP contribution in [0.4, 0.5) is 0 Å². The molecule has 0 bridgehead atoms. The normalized spacial score (nSPS) is 14.1. The minimum absolute atomic E-state index is 0.111. The van der Waals surface area contributed by atoms with Gasteiger partial charge in [0.2, 0.25) is 0 Å². The van der Waals surface area contributed by atoms with Crippen LogP contribution in [0.5, 0.6) is 5.75 Å². The topological polar surface area (TPSA) is 9.23 Å². The molecule has 1 nitrogen and oxygen atoms in total. The molecule has 0 saturated carbocycles. The van der Waals surface area contributed by atoms with E-state index in [9.17, 15) is 0 Å². The summed E-state index contributed by atoms with van der Waals surface area (Å²) in [6.07, 6.45) is 0. The number of hydrogen-bond donors (Lipinski definition) is 0. The predicted molar refractivity (Wildman–Crippen MR) is 429 cm³/mol. The zero-order valence-corrected chi connectivity index (χ0v) is 57.9. The van der Waals surface area contributed by atoms with Crippen LogP contribution in [-0.2, 0) is 16.2 Å². The van der Waals surface area contributed by atoms with Crippen molar-refractivity contribution in [1.29, 1.82) is 0 Å². The Morgan fingerprint density at radius 2 is 0.386 bits per heavy atom. The predicted octanol–water partition coefficient (Wildman–Crippen LogP) is 27.2. The molecule has 3 aliphatic rings. The third-order valence-corrected chi connectivity index (χ3v) is 23.8. The Morgan fingerprint density at radius 3 is 0.693 bits per heavy atom. The zero-order valence-electron chi connectivity index (χ0n) is 57.9. The van der Waals surface area contributed by atoms with Crippen molar-refractivity contribution in [2.45, 2.75) is 57.8 Å². The Morgan fingerprint density at radius 1 is 0.178 bits per heavy atom. The average molecular weight is 1290 g/mol. The van der Waals surface area contributed by atoms with E-state index < -0.39 is 0 Å². The van der Waals surface area contributed by atoms with Crippen molar-refractivity contribution in [2.24, 2.45) is 0 Å². The van der Waals surface area contributed by atoms with E-state index in [-0.39, 0.29) is 16.2 Å². The lowest BCUT2D eigenvalue weighted by atomic mass is 9.78. The highest BCUT2D eigenvalue weighted by atomic mass is 16.5. The first-order valence-corrected chi connectivity index (χ1v) is 35.7. The summed E-state index contributed by atoms with van der Waals surface area (Å²) in [6.45, 7) is 14.5. The van der Waals surface area contributed by atoms with Crippen molar-refractivity contribution in [3.05, 3.63) is 343 Å². The molecule has 0 N–H and O–H groups in total. The summed E-state index contributed by atoms with van der Waals surface area (Å²) in [4.78, 5) is 0. The molecule has 101 heavy (non-hydrogen) atoms. The Balaban J connectivity index is 0.650. The highest BCUT2D eigenvalue weighted by Crippen LogP contribution is 2.58. The summed E-state index contributed by atoms with van der Waals surface area (Å²) in [5.41, 5.74) is 33.0. The monoisotopic (exact) mass is 1290 g/mol. The van der Waals surface area contributed by atoms with Gasteiger partial charge in [0.25, 0.3) is 0 Å². The standard InChI is InChI=1S/C100H72O/c1-98(2)86-35-21-20-22-68(86)69-51-44-64(56-89(69)98)94-78-27-12-16-31-82(78)96(83-32-17-13-28-79(83)94)97-84-33-18-14-29-80(84)95(81-30-15-19-34-85(81)97)66-46-53-73-71-50-43-63(55-88(71)100(5,6)91(73)58-66)62-42-49-70-72-52-45-65(57-90(72)99(3,4)87(70)54-62)93-76-25-10-8-23-74(76)92(75-24-9-11-26-77(75)93)61-38-36-59(37-39-61)60-40-47-67(101-7)48-41-60/h8-58H,1-7H3. The fourth-order valence-corrected chi connectivity index (χ4v) is 18.8. The largest absolute Gasteiger partial charge is 0.497 e. The number of hydrogen-bond acceptors (Lipinski definition) is 1. The van der Waals surface area contributed by atoms with Crippen molar-refractivity contribution in [3.8, 4) is 117 Å². The second kappa shape index (κ2) is 21.8. The molecular formula is C100H72O. The van der Waals surface area contributed by atoms with Crippen LogP contribution < -0.4 is 4.74 Å². The maximum absolute atomic E-state index is 5.46. The maximum Gasteiger partial charge on any atom is 0.118 e. The molecule has 0 aliphatic heterocycles. The minimum Gasteiger partial charge on any atom is -0.497 e. The molecule has 0 fully saturated rings. The van der Waals surface area contributed by atoms with Gasteiger partial charge in [0.15, 0.2) is 0 Å². The number of methoxy groups -OCH3 is 1. The van der Waals surface area contributed by atoms with E-state index in [1.807, 2.05) is 12.1 Å². The van der Waals surface area contributed by atoms with Gasteiger partial charge in [0.1, 0.15) is 5.75 Å². The van der Waals surface area contributed by atoms with Crippen molar-refractivity contribution >= 4 is 64.6 Å². The van der Waals surface area contributed by atoms with Gasteiger partial charge in [-0.15, -0.1) is 0 Å². The van der Waals surface area contributed by atoms with Crippen molar-refractivity contribution in [1.82, 2.24) is 0 Å². The number of benzene rings is 17. The van der Waals surface area contributed by atoms with E-state index >= 15 is 0 Å². The van der Waals surface area contributed by atoms with Crippen LogP contribution in [0.15, 0.2) is 309 Å². The molecule has 0 radical (unpaired) electrons. The fraction of sp³-hybridized carbons (Fsp3) is 0.100. The van der Waals surface area contributed by atoms with Gasteiger partial charge in [-0.05, 0) is 252 Å². The Labute approximate surface area is 590 Å². The average Bonchev–Trinajstić information content (AvgIpc) is 1.60. The van der Waals surface area contributed by atoms with Gasteiger partial charge in [0.05, 0.1) is 7.11 Å². The van der Waals surface area contributed by atoms with Gasteiger partial charge in [0, 0.05) is 16.2 Å². The van der Waals surface area contributed by atoms with Crippen LogP contribution in [-0.4, -0.2) is 7.11 Å². The van der Waals surface area contributed by atoms with Gasteiger partial charge in [-0.2, -0.15) is 0 Å². The van der Waals surface area contributed by atoms with Gasteiger partial charge in [-0.1, -0.05) is 308 Å². The van der Waals surface area contributed by atoms with Crippen LogP contribution >= 0.6 is 0 Å². The van der Waals surface area contributed by atoms with E-state index in [4.69, 9.17) is 4.74 Å².